The van der Waals surface area contributed by atoms with Gasteiger partial charge in [0.05, 0.1) is 0 Å². The van der Waals surface area contributed by atoms with Crippen molar-refractivity contribution in [3.63, 3.8) is 0 Å². The van der Waals surface area contributed by atoms with Gasteiger partial charge in [0, 0.05) is 29.6 Å². The van der Waals surface area contributed by atoms with Crippen LogP contribution < -0.4 is 21.3 Å². The Labute approximate surface area is 159 Å². The van der Waals surface area contributed by atoms with Crippen molar-refractivity contribution in [1.29, 1.82) is 0 Å². The minimum Gasteiger partial charge on any atom is -0.351 e. The van der Waals surface area contributed by atoms with E-state index in [0.29, 0.717) is 16.8 Å². The Balaban J connectivity index is 1.56. The molecular formula is C18H18N4O4S. The minimum atomic E-state index is -1.19. The van der Waals surface area contributed by atoms with Crippen molar-refractivity contribution in [3.05, 3.63) is 52.2 Å². The third-order valence-electron chi connectivity index (χ3n) is 4.19. The Morgan fingerprint density at radius 3 is 2.70 bits per heavy atom. The predicted molar refractivity (Wildman–Crippen MR) is 100 cm³/mol. The van der Waals surface area contributed by atoms with Crippen molar-refractivity contribution < 1.29 is 19.2 Å². The molecule has 2 aromatic rings. The van der Waals surface area contributed by atoms with Gasteiger partial charge >= 0.3 is 6.03 Å². The number of urea groups is 1. The number of benzene rings is 1. The van der Waals surface area contributed by atoms with Gasteiger partial charge in [-0.25, -0.2) is 4.79 Å². The minimum absolute atomic E-state index is 0.106. The lowest BCUT2D eigenvalue weighted by Crippen LogP contribution is -2.40. The van der Waals surface area contributed by atoms with Crippen LogP contribution in [0.4, 0.5) is 10.5 Å². The Kier molecular flexibility index (Phi) is 5.22. The first-order valence-electron chi connectivity index (χ1n) is 8.23. The molecule has 1 aliphatic heterocycles. The number of rotatable bonds is 6. The number of hydrogen-bond acceptors (Lipinski definition) is 5. The first-order chi connectivity index (χ1) is 12.9. The van der Waals surface area contributed by atoms with Gasteiger partial charge in [-0.1, -0.05) is 12.1 Å². The molecule has 0 bridgehead atoms. The summed E-state index contributed by atoms with van der Waals surface area (Å²) in [7, 11) is 0. The van der Waals surface area contributed by atoms with Gasteiger partial charge in [0.25, 0.3) is 11.8 Å². The van der Waals surface area contributed by atoms with Gasteiger partial charge in [-0.15, -0.1) is 0 Å². The molecule has 4 N–H and O–H groups in total. The topological polar surface area (TPSA) is 116 Å². The van der Waals surface area contributed by atoms with E-state index in [1.807, 2.05) is 5.38 Å². The second-order valence-corrected chi connectivity index (χ2v) is 6.96. The van der Waals surface area contributed by atoms with Gasteiger partial charge in [-0.2, -0.15) is 11.3 Å². The average molecular weight is 386 g/mol. The molecule has 2 heterocycles. The number of thiophene rings is 1. The zero-order valence-corrected chi connectivity index (χ0v) is 15.3. The number of nitrogens with one attached hydrogen (secondary N) is 4. The van der Waals surface area contributed by atoms with E-state index in [4.69, 9.17) is 0 Å². The maximum absolute atomic E-state index is 12.1. The fraction of sp³-hybridized carbons (Fsp3) is 0.222. The van der Waals surface area contributed by atoms with Crippen LogP contribution in [0.2, 0.25) is 0 Å². The van der Waals surface area contributed by atoms with Crippen LogP contribution in [0.15, 0.2) is 41.1 Å². The van der Waals surface area contributed by atoms with Crippen molar-refractivity contribution in [1.82, 2.24) is 16.0 Å². The maximum Gasteiger partial charge on any atom is 0.322 e. The van der Waals surface area contributed by atoms with Crippen LogP contribution in [-0.2, 0) is 15.1 Å². The monoisotopic (exact) mass is 386 g/mol. The standard InChI is InChI=1S/C18H18N4O4S/c1-18(16(25)21-17(26)22-18)12-3-2-4-13(9-12)20-14(23)5-7-19-15(24)11-6-8-27-10-11/h2-4,6,8-10H,5,7H2,1H3,(H,19,24)(H,20,23)(H2,21,22,25,26)/t18-/m0/s1. The van der Waals surface area contributed by atoms with Crippen molar-refractivity contribution in [3.8, 4) is 0 Å². The molecule has 1 aromatic carbocycles. The Bertz CT molecular complexity index is 897. The highest BCUT2D eigenvalue weighted by Gasteiger charge is 2.43. The summed E-state index contributed by atoms with van der Waals surface area (Å²) in [6.07, 6.45) is 0.106. The van der Waals surface area contributed by atoms with Crippen LogP contribution in [-0.4, -0.2) is 30.3 Å². The number of imide groups is 1. The fourth-order valence-corrected chi connectivity index (χ4v) is 3.30. The summed E-state index contributed by atoms with van der Waals surface area (Å²) < 4.78 is 0. The summed E-state index contributed by atoms with van der Waals surface area (Å²) >= 11 is 1.43. The quantitative estimate of drug-likeness (QED) is 0.564. The van der Waals surface area contributed by atoms with E-state index in [9.17, 15) is 19.2 Å². The van der Waals surface area contributed by atoms with Gasteiger partial charge in [0.15, 0.2) is 0 Å². The van der Waals surface area contributed by atoms with E-state index in [-0.39, 0.29) is 24.8 Å². The third-order valence-corrected chi connectivity index (χ3v) is 4.87. The summed E-state index contributed by atoms with van der Waals surface area (Å²) in [4.78, 5) is 47.4. The number of amides is 5. The average Bonchev–Trinajstić information content (AvgIpc) is 3.24. The zero-order chi connectivity index (χ0) is 19.4. The molecule has 0 radical (unpaired) electrons. The van der Waals surface area contributed by atoms with Crippen LogP contribution in [0.5, 0.6) is 0 Å². The summed E-state index contributed by atoms with van der Waals surface area (Å²) in [5.74, 6) is -0.947. The summed E-state index contributed by atoms with van der Waals surface area (Å²) in [5.41, 5.74) is 0.427. The van der Waals surface area contributed by atoms with Gasteiger partial charge in [-0.3, -0.25) is 19.7 Å². The SMILES string of the molecule is C[C@@]1(c2cccc(NC(=O)CCNC(=O)c3ccsc3)c2)NC(=O)NC1=O. The van der Waals surface area contributed by atoms with Crippen LogP contribution in [0.25, 0.3) is 0 Å². The highest BCUT2D eigenvalue weighted by Crippen LogP contribution is 2.26. The normalized spacial score (nSPS) is 18.6. The second-order valence-electron chi connectivity index (χ2n) is 6.18. The lowest BCUT2D eigenvalue weighted by molar-refractivity contribution is -0.123. The van der Waals surface area contributed by atoms with Crippen molar-refractivity contribution in [2.45, 2.75) is 18.9 Å². The number of carbonyl (C=O) groups is 4. The molecule has 27 heavy (non-hydrogen) atoms. The predicted octanol–water partition coefficient (Wildman–Crippen LogP) is 1.56. The van der Waals surface area contributed by atoms with Crippen LogP contribution in [0, 0.1) is 0 Å². The largest absolute Gasteiger partial charge is 0.351 e. The molecule has 1 atom stereocenters. The molecule has 3 rings (SSSR count). The molecule has 0 aliphatic carbocycles. The molecule has 1 aromatic heterocycles. The van der Waals surface area contributed by atoms with Gasteiger partial charge in [0.2, 0.25) is 5.91 Å². The van der Waals surface area contributed by atoms with E-state index < -0.39 is 17.5 Å². The molecule has 1 fully saturated rings. The van der Waals surface area contributed by atoms with Crippen LogP contribution in [0.1, 0.15) is 29.3 Å². The molecule has 0 spiro atoms. The highest BCUT2D eigenvalue weighted by atomic mass is 32.1. The van der Waals surface area contributed by atoms with Gasteiger partial charge in [0.1, 0.15) is 5.54 Å². The first-order valence-corrected chi connectivity index (χ1v) is 9.17. The summed E-state index contributed by atoms with van der Waals surface area (Å²) in [6, 6.07) is 7.85. The molecule has 8 nitrogen and oxygen atoms in total. The molecule has 0 saturated carbocycles. The van der Waals surface area contributed by atoms with E-state index in [1.54, 1.807) is 42.6 Å². The van der Waals surface area contributed by atoms with E-state index in [0.717, 1.165) is 0 Å². The van der Waals surface area contributed by atoms with E-state index in [2.05, 4.69) is 21.3 Å². The lowest BCUT2D eigenvalue weighted by atomic mass is 9.92. The lowest BCUT2D eigenvalue weighted by Gasteiger charge is -2.21. The van der Waals surface area contributed by atoms with Crippen molar-refractivity contribution >= 4 is 40.8 Å². The zero-order valence-electron chi connectivity index (χ0n) is 14.5. The second kappa shape index (κ2) is 7.58. The highest BCUT2D eigenvalue weighted by molar-refractivity contribution is 7.08. The Hall–Kier alpha value is -3.20. The number of anilines is 1. The van der Waals surface area contributed by atoms with Crippen LogP contribution >= 0.6 is 11.3 Å². The van der Waals surface area contributed by atoms with Gasteiger partial charge < -0.3 is 16.0 Å². The maximum atomic E-state index is 12.1. The van der Waals surface area contributed by atoms with E-state index in [1.165, 1.54) is 11.3 Å². The summed E-state index contributed by atoms with van der Waals surface area (Å²) in [5, 5.41) is 13.7. The molecule has 0 unspecified atom stereocenters. The molecule has 5 amide bonds. The number of carbonyl (C=O) groups excluding carboxylic acids is 4. The fourth-order valence-electron chi connectivity index (χ4n) is 2.66. The molecule has 1 saturated heterocycles. The third kappa shape index (κ3) is 4.14. The first kappa shape index (κ1) is 18.6. The molecule has 9 heteroatoms. The van der Waals surface area contributed by atoms with E-state index >= 15 is 0 Å². The molecular weight excluding hydrogens is 368 g/mol. The number of hydrogen-bond donors (Lipinski definition) is 4. The smallest absolute Gasteiger partial charge is 0.322 e. The summed E-state index contributed by atoms with van der Waals surface area (Å²) in [6.45, 7) is 1.80. The molecule has 140 valence electrons. The Morgan fingerprint density at radius 1 is 1.22 bits per heavy atom. The van der Waals surface area contributed by atoms with Crippen molar-refractivity contribution in [2.24, 2.45) is 0 Å². The molecule has 1 aliphatic rings. The van der Waals surface area contributed by atoms with Crippen molar-refractivity contribution in [2.75, 3.05) is 11.9 Å². The van der Waals surface area contributed by atoms with Gasteiger partial charge in [-0.05, 0) is 36.1 Å². The Morgan fingerprint density at radius 2 is 2.04 bits per heavy atom. The van der Waals surface area contributed by atoms with Crippen LogP contribution in [0.3, 0.4) is 0 Å².